The third-order valence-corrected chi connectivity index (χ3v) is 3.90. The first-order chi connectivity index (χ1) is 9.06. The molecule has 1 aromatic heterocycles. The smallest absolute Gasteiger partial charge is 0.358 e. The molecule has 2 aromatic rings. The van der Waals surface area contributed by atoms with Crippen LogP contribution in [0.25, 0.3) is 0 Å². The van der Waals surface area contributed by atoms with E-state index in [1.807, 2.05) is 31.2 Å². The van der Waals surface area contributed by atoms with Crippen LogP contribution in [0.5, 0.6) is 0 Å². The summed E-state index contributed by atoms with van der Waals surface area (Å²) in [6, 6.07) is 9.02. The minimum Gasteiger partial charge on any atom is -0.476 e. The van der Waals surface area contributed by atoms with Crippen LogP contribution in [0.2, 0.25) is 0 Å². The van der Waals surface area contributed by atoms with Gasteiger partial charge in [-0.2, -0.15) is 0 Å². The highest BCUT2D eigenvalue weighted by atomic mass is 32.2. The van der Waals surface area contributed by atoms with Gasteiger partial charge < -0.3 is 9.63 Å². The highest BCUT2D eigenvalue weighted by molar-refractivity contribution is 7.83. The fourth-order valence-corrected chi connectivity index (χ4v) is 2.86. The Morgan fingerprint density at radius 2 is 2.11 bits per heavy atom. The molecule has 0 bridgehead atoms. The quantitative estimate of drug-likeness (QED) is 0.906. The number of hydrogen-bond donors (Lipinski definition) is 1. The van der Waals surface area contributed by atoms with Crippen LogP contribution in [0.3, 0.4) is 0 Å². The van der Waals surface area contributed by atoms with Crippen molar-refractivity contribution >= 4 is 16.8 Å². The lowest BCUT2D eigenvalue weighted by Crippen LogP contribution is -2.00. The van der Waals surface area contributed by atoms with E-state index in [1.54, 1.807) is 0 Å². The van der Waals surface area contributed by atoms with E-state index in [4.69, 9.17) is 9.63 Å². The normalized spacial score (nSPS) is 12.3. The molecule has 1 heterocycles. The Labute approximate surface area is 112 Å². The van der Waals surface area contributed by atoms with E-state index in [1.165, 1.54) is 6.07 Å². The van der Waals surface area contributed by atoms with Crippen molar-refractivity contribution in [3.63, 3.8) is 0 Å². The predicted octanol–water partition coefficient (Wildman–Crippen LogP) is 2.13. The van der Waals surface area contributed by atoms with Crippen molar-refractivity contribution in [3.8, 4) is 0 Å². The molecule has 1 N–H and O–H groups in total. The lowest BCUT2D eigenvalue weighted by Gasteiger charge is -2.04. The van der Waals surface area contributed by atoms with Gasteiger partial charge in [0.1, 0.15) is 5.76 Å². The van der Waals surface area contributed by atoms with Crippen molar-refractivity contribution in [2.24, 2.45) is 0 Å². The van der Waals surface area contributed by atoms with E-state index in [9.17, 15) is 9.00 Å². The van der Waals surface area contributed by atoms with Crippen LogP contribution in [-0.2, 0) is 22.3 Å². The zero-order valence-electron chi connectivity index (χ0n) is 10.3. The van der Waals surface area contributed by atoms with Crippen LogP contribution in [0.4, 0.5) is 0 Å². The second-order valence-electron chi connectivity index (χ2n) is 4.14. The van der Waals surface area contributed by atoms with Crippen LogP contribution >= 0.6 is 0 Å². The fraction of sp³-hybridized carbons (Fsp3) is 0.231. The summed E-state index contributed by atoms with van der Waals surface area (Å²) in [5.41, 5.74) is 1.93. The zero-order valence-corrected chi connectivity index (χ0v) is 11.1. The molecule has 0 saturated carbocycles. The first kappa shape index (κ1) is 13.5. The Hall–Kier alpha value is -1.95. The standard InChI is InChI=1S/C13H13NO4S/c1-9-4-2-3-5-10(9)7-19(17)8-11-6-12(13(15)16)14-18-11/h2-6H,7-8H2,1H3,(H,15,16). The maximum Gasteiger partial charge on any atom is 0.358 e. The Kier molecular flexibility index (Phi) is 4.11. The van der Waals surface area contributed by atoms with E-state index < -0.39 is 16.8 Å². The van der Waals surface area contributed by atoms with E-state index in [-0.39, 0.29) is 11.4 Å². The summed E-state index contributed by atoms with van der Waals surface area (Å²) < 4.78 is 16.8. The summed E-state index contributed by atoms with van der Waals surface area (Å²) in [4.78, 5) is 10.6. The van der Waals surface area contributed by atoms with Gasteiger partial charge in [0.15, 0.2) is 5.69 Å². The molecule has 6 heteroatoms. The molecule has 2 rings (SSSR count). The number of rotatable bonds is 5. The van der Waals surface area contributed by atoms with E-state index in [0.29, 0.717) is 11.5 Å². The molecule has 0 aliphatic carbocycles. The highest BCUT2D eigenvalue weighted by Gasteiger charge is 2.13. The average molecular weight is 279 g/mol. The van der Waals surface area contributed by atoms with Gasteiger partial charge in [-0.15, -0.1) is 0 Å². The molecule has 1 aromatic carbocycles. The second-order valence-corrected chi connectivity index (χ2v) is 5.60. The molecular formula is C13H13NO4S. The van der Waals surface area contributed by atoms with Gasteiger partial charge in [-0.05, 0) is 18.1 Å². The van der Waals surface area contributed by atoms with Crippen LogP contribution in [-0.4, -0.2) is 20.4 Å². The summed E-state index contributed by atoms with van der Waals surface area (Å²) in [6.45, 7) is 1.96. The summed E-state index contributed by atoms with van der Waals surface area (Å²) in [5.74, 6) is -0.256. The molecule has 0 saturated heterocycles. The summed E-state index contributed by atoms with van der Waals surface area (Å²) in [5, 5.41) is 12.1. The van der Waals surface area contributed by atoms with Gasteiger partial charge in [-0.25, -0.2) is 4.79 Å². The molecule has 0 spiro atoms. The maximum atomic E-state index is 12.0. The van der Waals surface area contributed by atoms with Gasteiger partial charge in [-0.3, -0.25) is 4.21 Å². The average Bonchev–Trinajstić information content (AvgIpc) is 2.80. The van der Waals surface area contributed by atoms with Gasteiger partial charge in [0.2, 0.25) is 0 Å². The Balaban J connectivity index is 2.01. The van der Waals surface area contributed by atoms with Crippen molar-refractivity contribution in [1.29, 1.82) is 0 Å². The number of aromatic nitrogens is 1. The molecule has 0 fully saturated rings. The number of benzene rings is 1. The predicted molar refractivity (Wildman–Crippen MR) is 70.2 cm³/mol. The van der Waals surface area contributed by atoms with Gasteiger partial charge in [-0.1, -0.05) is 29.4 Å². The monoisotopic (exact) mass is 279 g/mol. The molecule has 1 atom stereocenters. The Morgan fingerprint density at radius 3 is 2.74 bits per heavy atom. The number of carboxylic acids is 1. The van der Waals surface area contributed by atoms with Gasteiger partial charge in [0, 0.05) is 22.6 Å². The number of nitrogens with zero attached hydrogens (tertiary/aromatic N) is 1. The van der Waals surface area contributed by atoms with Crippen molar-refractivity contribution < 1.29 is 18.6 Å². The zero-order chi connectivity index (χ0) is 13.8. The van der Waals surface area contributed by atoms with Gasteiger partial charge in [0.25, 0.3) is 0 Å². The number of aromatic carboxylic acids is 1. The van der Waals surface area contributed by atoms with Crippen LogP contribution < -0.4 is 0 Å². The summed E-state index contributed by atoms with van der Waals surface area (Å²) >= 11 is 0. The maximum absolute atomic E-state index is 12.0. The lowest BCUT2D eigenvalue weighted by atomic mass is 10.1. The van der Waals surface area contributed by atoms with Crippen LogP contribution in [0.1, 0.15) is 27.4 Å². The van der Waals surface area contributed by atoms with Gasteiger partial charge >= 0.3 is 5.97 Å². The first-order valence-corrected chi connectivity index (χ1v) is 7.13. The second kappa shape index (κ2) is 5.79. The van der Waals surface area contributed by atoms with E-state index in [2.05, 4.69) is 5.16 Å². The van der Waals surface area contributed by atoms with Gasteiger partial charge in [0.05, 0.1) is 5.75 Å². The van der Waals surface area contributed by atoms with E-state index >= 15 is 0 Å². The summed E-state index contributed by atoms with van der Waals surface area (Å²) in [7, 11) is -1.16. The third-order valence-electron chi connectivity index (χ3n) is 2.66. The summed E-state index contributed by atoms with van der Waals surface area (Å²) in [6.07, 6.45) is 0. The SMILES string of the molecule is Cc1ccccc1CS(=O)Cc1cc(C(=O)O)no1. The molecule has 5 nitrogen and oxygen atoms in total. The molecule has 0 radical (unpaired) electrons. The van der Waals surface area contributed by atoms with Crippen molar-refractivity contribution in [1.82, 2.24) is 5.16 Å². The lowest BCUT2D eigenvalue weighted by molar-refractivity contribution is 0.0685. The molecule has 100 valence electrons. The molecule has 1 unspecified atom stereocenters. The molecular weight excluding hydrogens is 266 g/mol. The molecule has 0 amide bonds. The Bertz CT molecular complexity index is 621. The van der Waals surface area contributed by atoms with Crippen LogP contribution in [0, 0.1) is 6.92 Å². The number of carbonyl (C=O) groups is 1. The largest absolute Gasteiger partial charge is 0.476 e. The van der Waals surface area contributed by atoms with Crippen molar-refractivity contribution in [2.45, 2.75) is 18.4 Å². The third kappa shape index (κ3) is 3.51. The van der Waals surface area contributed by atoms with Crippen molar-refractivity contribution in [3.05, 3.63) is 52.9 Å². The van der Waals surface area contributed by atoms with Crippen molar-refractivity contribution in [2.75, 3.05) is 0 Å². The number of aryl methyl sites for hydroxylation is 1. The molecule has 0 aliphatic heterocycles. The number of carboxylic acid groups (broad SMARTS) is 1. The topological polar surface area (TPSA) is 80.4 Å². The highest BCUT2D eigenvalue weighted by Crippen LogP contribution is 2.13. The number of hydrogen-bond acceptors (Lipinski definition) is 4. The molecule has 19 heavy (non-hydrogen) atoms. The Morgan fingerprint density at radius 1 is 1.37 bits per heavy atom. The molecule has 0 aliphatic rings. The van der Waals surface area contributed by atoms with E-state index in [0.717, 1.165) is 11.1 Å². The minimum absolute atomic E-state index is 0.161. The first-order valence-electron chi connectivity index (χ1n) is 5.64. The minimum atomic E-state index is -1.16. The van der Waals surface area contributed by atoms with Crippen LogP contribution in [0.15, 0.2) is 34.9 Å². The fourth-order valence-electron chi connectivity index (χ4n) is 1.64.